The van der Waals surface area contributed by atoms with Gasteiger partial charge < -0.3 is 24.1 Å². The summed E-state index contributed by atoms with van der Waals surface area (Å²) in [5, 5.41) is 8.99. The lowest BCUT2D eigenvalue weighted by Crippen LogP contribution is -2.41. The molecule has 1 N–H and O–H groups in total. The van der Waals surface area contributed by atoms with E-state index in [0.29, 0.717) is 19.7 Å². The largest absolute Gasteiger partial charge is 0.494 e. The first-order valence-electron chi connectivity index (χ1n) is 8.74. The molecule has 1 atom stereocenters. The fourth-order valence-electron chi connectivity index (χ4n) is 3.06. The summed E-state index contributed by atoms with van der Waals surface area (Å²) in [5.74, 6) is 1.02. The molecule has 2 heterocycles. The van der Waals surface area contributed by atoms with Crippen LogP contribution in [0, 0.1) is 5.92 Å². The van der Waals surface area contributed by atoms with Gasteiger partial charge in [0.1, 0.15) is 5.75 Å². The molecule has 0 unspecified atom stereocenters. The number of benzene rings is 1. The SMILES string of the molecule is CC1(C)OB(c2ccc(OC[C@@H]3CCN(C(=O)O)C3)cc2)OC1(C)C. The van der Waals surface area contributed by atoms with Crippen LogP contribution >= 0.6 is 0 Å². The molecule has 136 valence electrons. The summed E-state index contributed by atoms with van der Waals surface area (Å²) in [6.45, 7) is 9.79. The van der Waals surface area contributed by atoms with E-state index in [2.05, 4.69) is 0 Å². The third-order valence-corrected chi connectivity index (χ3v) is 5.45. The molecule has 6 nitrogen and oxygen atoms in total. The molecule has 0 radical (unpaired) electrons. The van der Waals surface area contributed by atoms with Crippen LogP contribution in [0.3, 0.4) is 0 Å². The minimum atomic E-state index is -0.853. The van der Waals surface area contributed by atoms with Gasteiger partial charge in [-0.2, -0.15) is 0 Å². The lowest BCUT2D eigenvalue weighted by Gasteiger charge is -2.32. The van der Waals surface area contributed by atoms with Crippen molar-refractivity contribution in [2.75, 3.05) is 19.7 Å². The zero-order valence-corrected chi connectivity index (χ0v) is 15.3. The minimum Gasteiger partial charge on any atom is -0.493 e. The molecule has 0 saturated carbocycles. The quantitative estimate of drug-likeness (QED) is 0.847. The number of hydrogen-bond acceptors (Lipinski definition) is 4. The second kappa shape index (κ2) is 6.54. The maximum absolute atomic E-state index is 10.9. The van der Waals surface area contributed by atoms with Crippen LogP contribution < -0.4 is 10.2 Å². The third-order valence-electron chi connectivity index (χ3n) is 5.45. The summed E-state index contributed by atoms with van der Waals surface area (Å²) >= 11 is 0. The van der Waals surface area contributed by atoms with Crippen LogP contribution in [0.1, 0.15) is 34.1 Å². The Bertz CT molecular complexity index is 615. The number of hydrogen-bond donors (Lipinski definition) is 1. The van der Waals surface area contributed by atoms with Crippen LogP contribution in [0.15, 0.2) is 24.3 Å². The molecule has 1 aromatic rings. The third kappa shape index (κ3) is 3.77. The molecule has 0 spiro atoms. The number of amides is 1. The van der Waals surface area contributed by atoms with Gasteiger partial charge in [-0.15, -0.1) is 0 Å². The van der Waals surface area contributed by atoms with Gasteiger partial charge in [0.25, 0.3) is 0 Å². The first kappa shape index (κ1) is 18.1. The lowest BCUT2D eigenvalue weighted by molar-refractivity contribution is 0.00578. The van der Waals surface area contributed by atoms with Crippen molar-refractivity contribution in [2.24, 2.45) is 5.92 Å². The average molecular weight is 347 g/mol. The van der Waals surface area contributed by atoms with E-state index >= 15 is 0 Å². The molecule has 25 heavy (non-hydrogen) atoms. The Morgan fingerprint density at radius 3 is 2.36 bits per heavy atom. The van der Waals surface area contributed by atoms with Crippen molar-refractivity contribution in [1.29, 1.82) is 0 Å². The minimum absolute atomic E-state index is 0.249. The molecule has 7 heteroatoms. The number of carboxylic acid groups (broad SMARTS) is 1. The highest BCUT2D eigenvalue weighted by atomic mass is 16.7. The Balaban J connectivity index is 1.54. The first-order chi connectivity index (χ1) is 11.7. The maximum Gasteiger partial charge on any atom is 0.494 e. The fourth-order valence-corrected chi connectivity index (χ4v) is 3.06. The van der Waals surface area contributed by atoms with E-state index in [1.807, 2.05) is 52.0 Å². The molecule has 0 aromatic heterocycles. The van der Waals surface area contributed by atoms with Gasteiger partial charge in [-0.05, 0) is 51.7 Å². The van der Waals surface area contributed by atoms with Crippen molar-refractivity contribution in [3.63, 3.8) is 0 Å². The molecule has 1 amide bonds. The van der Waals surface area contributed by atoms with Crippen LogP contribution in [-0.4, -0.2) is 54.1 Å². The van der Waals surface area contributed by atoms with Gasteiger partial charge in [0.05, 0.1) is 17.8 Å². The van der Waals surface area contributed by atoms with E-state index in [4.69, 9.17) is 19.2 Å². The molecule has 1 aromatic carbocycles. The summed E-state index contributed by atoms with van der Waals surface area (Å²) in [5.41, 5.74) is 0.250. The molecule has 0 aliphatic carbocycles. The zero-order valence-electron chi connectivity index (χ0n) is 15.3. The number of nitrogens with zero attached hydrogens (tertiary/aromatic N) is 1. The van der Waals surface area contributed by atoms with Crippen molar-refractivity contribution in [3.8, 4) is 5.75 Å². The predicted octanol–water partition coefficient (Wildman–Crippen LogP) is 2.36. The highest BCUT2D eigenvalue weighted by Gasteiger charge is 2.51. The van der Waals surface area contributed by atoms with E-state index in [-0.39, 0.29) is 24.2 Å². The highest BCUT2D eigenvalue weighted by Crippen LogP contribution is 2.36. The summed E-state index contributed by atoms with van der Waals surface area (Å²) in [6.07, 6.45) is -0.00699. The summed E-state index contributed by atoms with van der Waals surface area (Å²) in [4.78, 5) is 12.4. The van der Waals surface area contributed by atoms with Crippen molar-refractivity contribution >= 4 is 18.7 Å². The molecular weight excluding hydrogens is 321 g/mol. The van der Waals surface area contributed by atoms with Crippen molar-refractivity contribution in [3.05, 3.63) is 24.3 Å². The number of rotatable bonds is 4. The lowest BCUT2D eigenvalue weighted by atomic mass is 9.79. The number of carbonyl (C=O) groups is 1. The van der Waals surface area contributed by atoms with Gasteiger partial charge in [0.15, 0.2) is 0 Å². The monoisotopic (exact) mass is 347 g/mol. The Morgan fingerprint density at radius 1 is 1.24 bits per heavy atom. The summed E-state index contributed by atoms with van der Waals surface area (Å²) < 4.78 is 17.9. The average Bonchev–Trinajstić information content (AvgIpc) is 3.09. The second-order valence-electron chi connectivity index (χ2n) is 7.85. The Kier molecular flexibility index (Phi) is 4.73. The predicted molar refractivity (Wildman–Crippen MR) is 95.4 cm³/mol. The van der Waals surface area contributed by atoms with Gasteiger partial charge >= 0.3 is 13.2 Å². The van der Waals surface area contributed by atoms with Crippen LogP contribution in [0.2, 0.25) is 0 Å². The van der Waals surface area contributed by atoms with E-state index in [1.165, 1.54) is 4.90 Å². The molecule has 3 rings (SSSR count). The number of likely N-dealkylation sites (tertiary alicyclic amines) is 1. The van der Waals surface area contributed by atoms with Crippen molar-refractivity contribution in [2.45, 2.75) is 45.3 Å². The van der Waals surface area contributed by atoms with Gasteiger partial charge in [-0.25, -0.2) is 4.79 Å². The van der Waals surface area contributed by atoms with Crippen molar-refractivity contribution < 1.29 is 23.9 Å². The maximum atomic E-state index is 10.9. The van der Waals surface area contributed by atoms with Crippen LogP contribution in [-0.2, 0) is 9.31 Å². The van der Waals surface area contributed by atoms with E-state index < -0.39 is 6.09 Å². The van der Waals surface area contributed by atoms with Gasteiger partial charge in [-0.1, -0.05) is 12.1 Å². The summed E-state index contributed by atoms with van der Waals surface area (Å²) in [6, 6.07) is 7.72. The van der Waals surface area contributed by atoms with E-state index in [9.17, 15) is 4.79 Å². The molecule has 0 bridgehead atoms. The van der Waals surface area contributed by atoms with E-state index in [0.717, 1.165) is 17.6 Å². The Morgan fingerprint density at radius 2 is 1.84 bits per heavy atom. The highest BCUT2D eigenvalue weighted by molar-refractivity contribution is 6.62. The molecule has 2 aliphatic rings. The van der Waals surface area contributed by atoms with Crippen LogP contribution in [0.5, 0.6) is 5.75 Å². The Labute approximate surface area is 149 Å². The second-order valence-corrected chi connectivity index (χ2v) is 7.85. The molecular formula is C18H26BNO5. The fraction of sp³-hybridized carbons (Fsp3) is 0.611. The first-order valence-corrected chi connectivity index (χ1v) is 8.74. The standard InChI is InChI=1S/C18H26BNO5/c1-17(2)18(3,4)25-19(24-17)14-5-7-15(8-6-14)23-12-13-9-10-20(11-13)16(21)22/h5-8,13H,9-12H2,1-4H3,(H,21,22)/t13-/m1/s1. The smallest absolute Gasteiger partial charge is 0.493 e. The van der Waals surface area contributed by atoms with Gasteiger partial charge in [0.2, 0.25) is 0 Å². The van der Waals surface area contributed by atoms with Crippen LogP contribution in [0.4, 0.5) is 4.79 Å². The topological polar surface area (TPSA) is 68.2 Å². The van der Waals surface area contributed by atoms with E-state index in [1.54, 1.807) is 0 Å². The van der Waals surface area contributed by atoms with Gasteiger partial charge in [-0.3, -0.25) is 0 Å². The van der Waals surface area contributed by atoms with Gasteiger partial charge in [0, 0.05) is 19.0 Å². The molecule has 2 aliphatic heterocycles. The van der Waals surface area contributed by atoms with Crippen LogP contribution in [0.25, 0.3) is 0 Å². The Hall–Kier alpha value is -1.73. The molecule has 2 fully saturated rings. The zero-order chi connectivity index (χ0) is 18.2. The van der Waals surface area contributed by atoms with Crippen molar-refractivity contribution in [1.82, 2.24) is 4.90 Å². The summed E-state index contributed by atoms with van der Waals surface area (Å²) in [7, 11) is -0.377. The molecule has 2 saturated heterocycles. The number of ether oxygens (including phenoxy) is 1. The normalized spacial score (nSPS) is 24.6.